The van der Waals surface area contributed by atoms with Gasteiger partial charge in [-0.3, -0.25) is 4.79 Å². The summed E-state index contributed by atoms with van der Waals surface area (Å²) < 4.78 is 5.33. The van der Waals surface area contributed by atoms with E-state index in [0.29, 0.717) is 22.5 Å². The second-order valence-electron chi connectivity index (χ2n) is 5.82. The second kappa shape index (κ2) is 5.27. The van der Waals surface area contributed by atoms with Gasteiger partial charge in [0.25, 0.3) is 10.7 Å². The quantitative estimate of drug-likeness (QED) is 0.856. The van der Waals surface area contributed by atoms with Gasteiger partial charge in [-0.15, -0.1) is 0 Å². The van der Waals surface area contributed by atoms with Crippen LogP contribution in [-0.4, -0.2) is 40.1 Å². The van der Waals surface area contributed by atoms with Crippen molar-refractivity contribution in [3.63, 3.8) is 0 Å². The van der Waals surface area contributed by atoms with Gasteiger partial charge >= 0.3 is 0 Å². The molecule has 5 nitrogen and oxygen atoms in total. The van der Waals surface area contributed by atoms with Crippen LogP contribution in [0.2, 0.25) is 0 Å². The number of likely N-dealkylation sites (N-methyl/N-ethyl adjacent to an activating group) is 1. The molecule has 112 valence electrons. The average molecular weight is 306 g/mol. The Morgan fingerprint density at radius 1 is 1.48 bits per heavy atom. The third-order valence-corrected chi connectivity index (χ3v) is 4.27. The van der Waals surface area contributed by atoms with Crippen molar-refractivity contribution in [1.29, 1.82) is 0 Å². The first kappa shape index (κ1) is 14.3. The van der Waals surface area contributed by atoms with E-state index in [-0.39, 0.29) is 5.91 Å². The maximum Gasteiger partial charge on any atom is 0.266 e. The van der Waals surface area contributed by atoms with Crippen LogP contribution in [-0.2, 0) is 0 Å². The fraction of sp³-hybridized carbons (Fsp3) is 0.467. The van der Waals surface area contributed by atoms with E-state index in [1.807, 2.05) is 0 Å². The van der Waals surface area contributed by atoms with E-state index in [1.54, 1.807) is 30.1 Å². The number of carbonyl (C=O) groups excluding carboxylic acids is 1. The summed E-state index contributed by atoms with van der Waals surface area (Å²) >= 11 is 4.93. The molecule has 0 aliphatic heterocycles. The van der Waals surface area contributed by atoms with E-state index in [0.717, 1.165) is 31.2 Å². The third kappa shape index (κ3) is 2.87. The first-order valence-corrected chi connectivity index (χ1v) is 7.48. The van der Waals surface area contributed by atoms with E-state index in [1.165, 1.54) is 0 Å². The summed E-state index contributed by atoms with van der Waals surface area (Å²) in [7, 11) is 1.72. The molecule has 1 fully saturated rings. The normalized spacial score (nSPS) is 17.2. The number of aromatic nitrogens is 1. The van der Waals surface area contributed by atoms with Crippen molar-refractivity contribution < 1.29 is 14.3 Å². The molecular weight excluding hydrogens is 288 g/mol. The van der Waals surface area contributed by atoms with Gasteiger partial charge in [-0.05, 0) is 43.3 Å². The van der Waals surface area contributed by atoms with Gasteiger partial charge in [0.05, 0.1) is 11.1 Å². The smallest absolute Gasteiger partial charge is 0.266 e. The van der Waals surface area contributed by atoms with Crippen molar-refractivity contribution in [3.05, 3.63) is 28.6 Å². The second-order valence-corrected chi connectivity index (χ2v) is 6.19. The Labute approximate surface area is 127 Å². The van der Waals surface area contributed by atoms with Crippen molar-refractivity contribution in [3.8, 4) is 0 Å². The lowest BCUT2D eigenvalue weighted by molar-refractivity contribution is 0.0157. The minimum atomic E-state index is -0.735. The molecule has 2 N–H and O–H groups in total. The highest BCUT2D eigenvalue weighted by atomic mass is 32.1. The number of aromatic amines is 1. The number of carbonyl (C=O) groups is 1. The summed E-state index contributed by atoms with van der Waals surface area (Å²) in [6.07, 6.45) is 3.56. The van der Waals surface area contributed by atoms with Crippen LogP contribution in [0.15, 0.2) is 22.6 Å². The summed E-state index contributed by atoms with van der Waals surface area (Å²) in [6, 6.07) is 5.19. The Morgan fingerprint density at radius 3 is 2.90 bits per heavy atom. The van der Waals surface area contributed by atoms with Crippen molar-refractivity contribution in [1.82, 2.24) is 9.88 Å². The topological polar surface area (TPSA) is 69.5 Å². The highest BCUT2D eigenvalue weighted by Gasteiger charge is 2.33. The summed E-state index contributed by atoms with van der Waals surface area (Å²) in [4.78, 5) is 17.2. The molecule has 1 aliphatic rings. The molecule has 1 heterocycles. The number of rotatable bonds is 3. The lowest BCUT2D eigenvalue weighted by atomic mass is 10.0. The zero-order valence-electron chi connectivity index (χ0n) is 11.9. The van der Waals surface area contributed by atoms with Gasteiger partial charge in [-0.2, -0.15) is 0 Å². The number of nitrogens with zero attached hydrogens (tertiary/aromatic N) is 1. The van der Waals surface area contributed by atoms with Crippen molar-refractivity contribution in [2.75, 3.05) is 13.6 Å². The third-order valence-electron chi connectivity index (χ3n) is 4.08. The first-order valence-electron chi connectivity index (χ1n) is 7.08. The van der Waals surface area contributed by atoms with Gasteiger partial charge in [-0.1, -0.05) is 12.8 Å². The van der Waals surface area contributed by atoms with Crippen molar-refractivity contribution >= 4 is 29.2 Å². The highest BCUT2D eigenvalue weighted by molar-refractivity contribution is 7.71. The molecule has 0 saturated heterocycles. The van der Waals surface area contributed by atoms with E-state index < -0.39 is 5.60 Å². The van der Waals surface area contributed by atoms with Crippen LogP contribution in [0, 0.1) is 4.84 Å². The maximum atomic E-state index is 12.5. The molecule has 3 rings (SSSR count). The van der Waals surface area contributed by atoms with Crippen LogP contribution in [0.3, 0.4) is 0 Å². The van der Waals surface area contributed by atoms with Crippen LogP contribution >= 0.6 is 12.2 Å². The number of amides is 1. The summed E-state index contributed by atoms with van der Waals surface area (Å²) in [5.41, 5.74) is 1.14. The van der Waals surface area contributed by atoms with Crippen LogP contribution in [0.4, 0.5) is 0 Å². The van der Waals surface area contributed by atoms with E-state index in [4.69, 9.17) is 16.6 Å². The molecule has 6 heteroatoms. The Bertz CT molecular complexity index is 728. The average Bonchev–Trinajstić information content (AvgIpc) is 3.01. The molecule has 2 aromatic rings. The Hall–Kier alpha value is -1.66. The van der Waals surface area contributed by atoms with Gasteiger partial charge < -0.3 is 19.4 Å². The molecule has 0 radical (unpaired) electrons. The fourth-order valence-electron chi connectivity index (χ4n) is 3.00. The molecule has 1 aromatic carbocycles. The zero-order chi connectivity index (χ0) is 15.0. The minimum absolute atomic E-state index is 0.125. The van der Waals surface area contributed by atoms with Gasteiger partial charge in [0.2, 0.25) is 0 Å². The standard InChI is InChI=1S/C15H18N2O3S/c1-17(9-15(19)6-2-3-7-15)13(18)10-4-5-11-12(8-10)20-14(21)16-11/h4-5,8,19H,2-3,6-7,9H2,1H3,(H,16,21). The van der Waals surface area contributed by atoms with E-state index in [9.17, 15) is 9.90 Å². The summed E-state index contributed by atoms with van der Waals surface area (Å²) in [6.45, 7) is 0.362. The number of fused-ring (bicyclic) bond motifs is 1. The number of hydrogen-bond donors (Lipinski definition) is 2. The lowest BCUT2D eigenvalue weighted by Gasteiger charge is -2.28. The van der Waals surface area contributed by atoms with Crippen LogP contribution in [0.1, 0.15) is 36.0 Å². The van der Waals surface area contributed by atoms with E-state index in [2.05, 4.69) is 4.98 Å². The molecule has 1 amide bonds. The number of aliphatic hydroxyl groups is 1. The van der Waals surface area contributed by atoms with Gasteiger partial charge in [0, 0.05) is 19.2 Å². The minimum Gasteiger partial charge on any atom is -0.429 e. The van der Waals surface area contributed by atoms with Gasteiger partial charge in [-0.25, -0.2) is 0 Å². The molecule has 1 saturated carbocycles. The Morgan fingerprint density at radius 2 is 2.19 bits per heavy atom. The van der Waals surface area contributed by atoms with Gasteiger partial charge in [0.15, 0.2) is 5.58 Å². The molecule has 0 unspecified atom stereocenters. The number of oxazole rings is 1. The number of H-pyrrole nitrogens is 1. The monoisotopic (exact) mass is 306 g/mol. The molecule has 1 aliphatic carbocycles. The highest BCUT2D eigenvalue weighted by Crippen LogP contribution is 2.30. The summed E-state index contributed by atoms with van der Waals surface area (Å²) in [5.74, 6) is -0.125. The molecule has 0 atom stereocenters. The number of hydrogen-bond acceptors (Lipinski definition) is 4. The molecular formula is C15H18N2O3S. The van der Waals surface area contributed by atoms with Crippen molar-refractivity contribution in [2.45, 2.75) is 31.3 Å². The molecule has 0 bridgehead atoms. The fourth-order valence-corrected chi connectivity index (χ4v) is 3.20. The van der Waals surface area contributed by atoms with Crippen LogP contribution in [0.25, 0.3) is 11.1 Å². The first-order chi connectivity index (χ1) is 9.97. The lowest BCUT2D eigenvalue weighted by Crippen LogP contribution is -2.42. The predicted octanol–water partition coefficient (Wildman–Crippen LogP) is 2.87. The zero-order valence-corrected chi connectivity index (χ0v) is 12.7. The Kier molecular flexibility index (Phi) is 3.59. The number of nitrogens with one attached hydrogen (secondary N) is 1. The van der Waals surface area contributed by atoms with E-state index >= 15 is 0 Å². The Balaban J connectivity index is 1.80. The van der Waals surface area contributed by atoms with Crippen LogP contribution in [0.5, 0.6) is 0 Å². The molecule has 1 aromatic heterocycles. The number of benzene rings is 1. The largest absolute Gasteiger partial charge is 0.429 e. The predicted molar refractivity (Wildman–Crippen MR) is 81.8 cm³/mol. The van der Waals surface area contributed by atoms with Gasteiger partial charge in [0.1, 0.15) is 0 Å². The SMILES string of the molecule is CN(CC1(O)CCCC1)C(=O)c1ccc2[nH]c(=S)oc2c1. The maximum absolute atomic E-state index is 12.5. The van der Waals surface area contributed by atoms with Crippen molar-refractivity contribution in [2.24, 2.45) is 0 Å². The summed E-state index contributed by atoms with van der Waals surface area (Å²) in [5, 5.41) is 10.4. The molecule has 0 spiro atoms. The van der Waals surface area contributed by atoms with Crippen LogP contribution < -0.4 is 0 Å². The molecule has 21 heavy (non-hydrogen) atoms.